The highest BCUT2D eigenvalue weighted by atomic mass is 16.4. The molecule has 1 heterocycles. The van der Waals surface area contributed by atoms with Crippen LogP contribution in [-0.2, 0) is 11.2 Å². The Morgan fingerprint density at radius 2 is 1.82 bits per heavy atom. The molecule has 0 radical (unpaired) electrons. The molecule has 1 aromatic heterocycles. The van der Waals surface area contributed by atoms with Gasteiger partial charge < -0.3 is 20.4 Å². The van der Waals surface area contributed by atoms with Gasteiger partial charge in [0, 0.05) is 0 Å². The van der Waals surface area contributed by atoms with E-state index in [0.717, 1.165) is 6.07 Å². The minimum atomic E-state index is -1.41. The SMILES string of the molecule is NC(Cc1cc(C(=O)O)oc(=O)c1-c1ccccc1)C(=O)O. The first-order chi connectivity index (χ1) is 10.4. The van der Waals surface area contributed by atoms with Crippen molar-refractivity contribution in [1.82, 2.24) is 0 Å². The van der Waals surface area contributed by atoms with Gasteiger partial charge in [-0.3, -0.25) is 4.79 Å². The Labute approximate surface area is 124 Å². The first-order valence-electron chi connectivity index (χ1n) is 6.34. The van der Waals surface area contributed by atoms with Crippen LogP contribution < -0.4 is 11.4 Å². The molecule has 7 nitrogen and oxygen atoms in total. The second-order valence-electron chi connectivity index (χ2n) is 4.62. The van der Waals surface area contributed by atoms with Gasteiger partial charge in [0.05, 0.1) is 5.56 Å². The van der Waals surface area contributed by atoms with Crippen molar-refractivity contribution in [3.63, 3.8) is 0 Å². The van der Waals surface area contributed by atoms with Gasteiger partial charge in [-0.25, -0.2) is 9.59 Å². The molecular formula is C15H13NO6. The lowest BCUT2D eigenvalue weighted by molar-refractivity contribution is -0.138. The summed E-state index contributed by atoms with van der Waals surface area (Å²) in [5.74, 6) is -3.22. The summed E-state index contributed by atoms with van der Waals surface area (Å²) < 4.78 is 4.76. The van der Waals surface area contributed by atoms with Gasteiger partial charge in [-0.1, -0.05) is 30.3 Å². The van der Waals surface area contributed by atoms with E-state index in [0.29, 0.717) is 5.56 Å². The molecule has 0 aliphatic heterocycles. The Kier molecular flexibility index (Phi) is 4.38. The number of carboxylic acid groups (broad SMARTS) is 2. The average molecular weight is 303 g/mol. The standard InChI is InChI=1S/C15H13NO6/c16-10(13(17)18)6-9-7-11(14(19)20)22-15(21)12(9)8-4-2-1-3-5-8/h1-5,7,10H,6,16H2,(H,17,18)(H,19,20). The lowest BCUT2D eigenvalue weighted by Crippen LogP contribution is -2.33. The Morgan fingerprint density at radius 3 is 2.36 bits per heavy atom. The zero-order valence-corrected chi connectivity index (χ0v) is 11.4. The number of aliphatic carboxylic acids is 1. The third-order valence-corrected chi connectivity index (χ3v) is 3.06. The van der Waals surface area contributed by atoms with Crippen LogP contribution in [0.5, 0.6) is 0 Å². The molecule has 4 N–H and O–H groups in total. The Bertz CT molecular complexity index is 765. The van der Waals surface area contributed by atoms with Gasteiger partial charge in [0.1, 0.15) is 6.04 Å². The number of hydrogen-bond donors (Lipinski definition) is 3. The minimum Gasteiger partial charge on any atom is -0.480 e. The molecule has 7 heteroatoms. The number of benzene rings is 1. The van der Waals surface area contributed by atoms with Gasteiger partial charge in [-0.2, -0.15) is 0 Å². The molecule has 0 spiro atoms. The van der Waals surface area contributed by atoms with Crippen molar-refractivity contribution in [2.45, 2.75) is 12.5 Å². The molecule has 2 rings (SSSR count). The number of carboxylic acids is 2. The predicted molar refractivity (Wildman–Crippen MR) is 76.7 cm³/mol. The van der Waals surface area contributed by atoms with Crippen molar-refractivity contribution in [2.24, 2.45) is 5.73 Å². The first-order valence-corrected chi connectivity index (χ1v) is 6.34. The highest BCUT2D eigenvalue weighted by molar-refractivity contribution is 5.85. The summed E-state index contributed by atoms with van der Waals surface area (Å²) in [6, 6.07) is 8.30. The molecule has 0 aliphatic carbocycles. The largest absolute Gasteiger partial charge is 0.480 e. The van der Waals surface area contributed by atoms with Gasteiger partial charge in [-0.15, -0.1) is 0 Å². The van der Waals surface area contributed by atoms with E-state index in [1.54, 1.807) is 30.3 Å². The molecule has 114 valence electrons. The van der Waals surface area contributed by atoms with Crippen LogP contribution in [0.3, 0.4) is 0 Å². The van der Waals surface area contributed by atoms with Crippen LogP contribution in [0.15, 0.2) is 45.6 Å². The molecule has 0 amide bonds. The van der Waals surface area contributed by atoms with Crippen LogP contribution in [-0.4, -0.2) is 28.2 Å². The quantitative estimate of drug-likeness (QED) is 0.749. The Hall–Kier alpha value is -2.93. The lowest BCUT2D eigenvalue weighted by atomic mass is 9.97. The number of rotatable bonds is 5. The van der Waals surface area contributed by atoms with E-state index in [1.165, 1.54) is 0 Å². The zero-order valence-electron chi connectivity index (χ0n) is 11.4. The van der Waals surface area contributed by atoms with Crippen LogP contribution in [0.2, 0.25) is 0 Å². The highest BCUT2D eigenvalue weighted by Crippen LogP contribution is 2.22. The molecule has 1 unspecified atom stereocenters. The van der Waals surface area contributed by atoms with Crippen LogP contribution in [0.4, 0.5) is 0 Å². The van der Waals surface area contributed by atoms with E-state index in [4.69, 9.17) is 20.4 Å². The number of carbonyl (C=O) groups is 2. The maximum absolute atomic E-state index is 12.1. The second kappa shape index (κ2) is 6.23. The Morgan fingerprint density at radius 1 is 1.18 bits per heavy atom. The van der Waals surface area contributed by atoms with E-state index >= 15 is 0 Å². The molecule has 2 aromatic rings. The topological polar surface area (TPSA) is 131 Å². The van der Waals surface area contributed by atoms with Gasteiger partial charge >= 0.3 is 17.6 Å². The summed E-state index contributed by atoms with van der Waals surface area (Å²) >= 11 is 0. The molecule has 0 saturated carbocycles. The molecule has 1 aromatic carbocycles. The highest BCUT2D eigenvalue weighted by Gasteiger charge is 2.21. The molecule has 1 atom stereocenters. The summed E-state index contributed by atoms with van der Waals surface area (Å²) in [5.41, 5.74) is 5.47. The van der Waals surface area contributed by atoms with Crippen LogP contribution in [0, 0.1) is 0 Å². The molecule has 0 bridgehead atoms. The van der Waals surface area contributed by atoms with Crippen molar-refractivity contribution in [1.29, 1.82) is 0 Å². The minimum absolute atomic E-state index is 0.113. The van der Waals surface area contributed by atoms with Crippen LogP contribution in [0.25, 0.3) is 11.1 Å². The van der Waals surface area contributed by atoms with Crippen molar-refractivity contribution in [3.05, 3.63) is 58.1 Å². The summed E-state index contributed by atoms with van der Waals surface area (Å²) in [5, 5.41) is 17.9. The lowest BCUT2D eigenvalue weighted by Gasteiger charge is -2.11. The van der Waals surface area contributed by atoms with Gasteiger partial charge in [-0.05, 0) is 23.6 Å². The van der Waals surface area contributed by atoms with Crippen LogP contribution in [0.1, 0.15) is 16.1 Å². The van der Waals surface area contributed by atoms with E-state index in [1.807, 2.05) is 0 Å². The average Bonchev–Trinajstić information content (AvgIpc) is 2.47. The van der Waals surface area contributed by atoms with Crippen molar-refractivity contribution in [3.8, 4) is 11.1 Å². The summed E-state index contributed by atoms with van der Waals surface area (Å²) in [7, 11) is 0. The molecule has 0 saturated heterocycles. The normalized spacial score (nSPS) is 11.9. The monoisotopic (exact) mass is 303 g/mol. The molecular weight excluding hydrogens is 290 g/mol. The fourth-order valence-corrected chi connectivity index (χ4v) is 2.04. The smallest absolute Gasteiger partial charge is 0.371 e. The van der Waals surface area contributed by atoms with Crippen molar-refractivity contribution >= 4 is 11.9 Å². The van der Waals surface area contributed by atoms with E-state index in [9.17, 15) is 14.4 Å². The second-order valence-corrected chi connectivity index (χ2v) is 4.62. The number of nitrogens with two attached hydrogens (primary N) is 1. The van der Waals surface area contributed by atoms with Crippen molar-refractivity contribution in [2.75, 3.05) is 0 Å². The maximum Gasteiger partial charge on any atom is 0.371 e. The molecule has 0 fully saturated rings. The van der Waals surface area contributed by atoms with Crippen molar-refractivity contribution < 1.29 is 24.2 Å². The summed E-state index contributed by atoms with van der Waals surface area (Å²) in [4.78, 5) is 34.0. The number of hydrogen-bond acceptors (Lipinski definition) is 5. The molecule has 22 heavy (non-hydrogen) atoms. The predicted octanol–water partition coefficient (Wildman–Crippen LogP) is 0.959. The number of aromatic carboxylic acids is 1. The summed E-state index contributed by atoms with van der Waals surface area (Å²) in [6.07, 6.45) is -0.189. The first kappa shape index (κ1) is 15.5. The van der Waals surface area contributed by atoms with Gasteiger partial charge in [0.2, 0.25) is 5.76 Å². The van der Waals surface area contributed by atoms with E-state index in [2.05, 4.69) is 0 Å². The fourth-order valence-electron chi connectivity index (χ4n) is 2.04. The zero-order chi connectivity index (χ0) is 16.3. The fraction of sp³-hybridized carbons (Fsp3) is 0.133. The van der Waals surface area contributed by atoms with Crippen LogP contribution >= 0.6 is 0 Å². The van der Waals surface area contributed by atoms with Gasteiger partial charge in [0.25, 0.3) is 0 Å². The van der Waals surface area contributed by atoms with Gasteiger partial charge in [0.15, 0.2) is 0 Å². The Balaban J connectivity index is 2.63. The third-order valence-electron chi connectivity index (χ3n) is 3.06. The maximum atomic E-state index is 12.1. The summed E-state index contributed by atoms with van der Waals surface area (Å²) in [6.45, 7) is 0. The molecule has 0 aliphatic rings. The van der Waals surface area contributed by atoms with E-state index in [-0.39, 0.29) is 17.5 Å². The third kappa shape index (κ3) is 3.21. The van der Waals surface area contributed by atoms with E-state index < -0.39 is 29.4 Å².